The average molecular weight is 252 g/mol. The number of hydrogen-bond donors (Lipinski definition) is 0. The molecule has 1 aromatic rings. The van der Waals surface area contributed by atoms with E-state index in [-0.39, 0.29) is 17.5 Å². The predicted octanol–water partition coefficient (Wildman–Crippen LogP) is 2.06. The van der Waals surface area contributed by atoms with Crippen LogP contribution >= 0.6 is 0 Å². The van der Waals surface area contributed by atoms with Crippen LogP contribution in [-0.4, -0.2) is 20.0 Å². The van der Waals surface area contributed by atoms with E-state index in [1.807, 2.05) is 13.0 Å². The quantitative estimate of drug-likeness (QED) is 0.824. The molecule has 1 aromatic carbocycles. The normalized spacial score (nSPS) is 15.9. The molecule has 0 heterocycles. The summed E-state index contributed by atoms with van der Waals surface area (Å²) < 4.78 is 24.3. The molecule has 2 rings (SSSR count). The summed E-state index contributed by atoms with van der Waals surface area (Å²) in [5.74, 6) is -0.483. The van der Waals surface area contributed by atoms with E-state index in [9.17, 15) is 13.2 Å². The molecule has 0 atom stereocenters. The predicted molar refractivity (Wildman–Crippen MR) is 65.7 cm³/mol. The van der Waals surface area contributed by atoms with Crippen LogP contribution in [0.4, 0.5) is 0 Å². The molecule has 0 radical (unpaired) electrons. The topological polar surface area (TPSA) is 51.2 Å². The molecule has 0 aromatic heterocycles. The zero-order valence-electron chi connectivity index (χ0n) is 10.1. The first kappa shape index (κ1) is 12.3. The molecule has 17 heavy (non-hydrogen) atoms. The third-order valence-corrected chi connectivity index (χ3v) is 4.82. The molecule has 3 nitrogen and oxygen atoms in total. The minimum absolute atomic E-state index is 0.00473. The van der Waals surface area contributed by atoms with Gasteiger partial charge in [0.25, 0.3) is 0 Å². The number of Topliss-reactive ketones (excluding diaryl/α,β-unsaturated/α-hetero) is 1. The van der Waals surface area contributed by atoms with Gasteiger partial charge in [-0.2, -0.15) is 0 Å². The van der Waals surface area contributed by atoms with E-state index in [1.165, 1.54) is 0 Å². The highest BCUT2D eigenvalue weighted by molar-refractivity contribution is 7.92. The average Bonchev–Trinajstić information content (AvgIpc) is 3.04. The van der Waals surface area contributed by atoms with Crippen LogP contribution in [-0.2, 0) is 14.6 Å². The van der Waals surface area contributed by atoms with Crippen molar-refractivity contribution < 1.29 is 13.2 Å². The summed E-state index contributed by atoms with van der Waals surface area (Å²) >= 11 is 0. The van der Waals surface area contributed by atoms with Crippen molar-refractivity contribution in [3.63, 3.8) is 0 Å². The fourth-order valence-corrected chi connectivity index (χ4v) is 3.52. The van der Waals surface area contributed by atoms with Crippen molar-refractivity contribution in [3.05, 3.63) is 29.3 Å². The maximum Gasteiger partial charge on any atom is 0.185 e. The number of ketones is 1. The SMILES string of the molecule is Cc1ccc(C)c(S(=O)(=O)CC(=O)C2CC2)c1. The Bertz CT molecular complexity index is 554. The van der Waals surface area contributed by atoms with Gasteiger partial charge >= 0.3 is 0 Å². The molecular formula is C13H16O3S. The lowest BCUT2D eigenvalue weighted by Gasteiger charge is -2.07. The Morgan fingerprint density at radius 2 is 1.94 bits per heavy atom. The number of carbonyl (C=O) groups excluding carboxylic acids is 1. The molecule has 0 N–H and O–H groups in total. The van der Waals surface area contributed by atoms with E-state index in [1.54, 1.807) is 19.1 Å². The van der Waals surface area contributed by atoms with Gasteiger partial charge in [-0.05, 0) is 43.9 Å². The van der Waals surface area contributed by atoms with E-state index < -0.39 is 9.84 Å². The number of benzene rings is 1. The Hall–Kier alpha value is -1.16. The maximum absolute atomic E-state index is 12.1. The zero-order chi connectivity index (χ0) is 12.6. The molecule has 1 aliphatic carbocycles. The van der Waals surface area contributed by atoms with E-state index in [2.05, 4.69) is 0 Å². The van der Waals surface area contributed by atoms with Crippen LogP contribution in [0.25, 0.3) is 0 Å². The summed E-state index contributed by atoms with van der Waals surface area (Å²) in [6, 6.07) is 5.30. The third kappa shape index (κ3) is 2.75. The van der Waals surface area contributed by atoms with E-state index in [4.69, 9.17) is 0 Å². The molecule has 1 aliphatic rings. The third-order valence-electron chi connectivity index (χ3n) is 3.04. The highest BCUT2D eigenvalue weighted by Gasteiger charge is 2.33. The first-order valence-corrected chi connectivity index (χ1v) is 7.38. The molecule has 0 amide bonds. The summed E-state index contributed by atoms with van der Waals surface area (Å²) in [5.41, 5.74) is 1.60. The summed E-state index contributed by atoms with van der Waals surface area (Å²) in [6.07, 6.45) is 1.70. The van der Waals surface area contributed by atoms with Crippen LogP contribution in [0, 0.1) is 19.8 Å². The molecule has 0 aliphatic heterocycles. The molecule has 1 fully saturated rings. The lowest BCUT2D eigenvalue weighted by Crippen LogP contribution is -2.18. The van der Waals surface area contributed by atoms with Crippen LogP contribution in [0.1, 0.15) is 24.0 Å². The second kappa shape index (κ2) is 4.26. The highest BCUT2D eigenvalue weighted by atomic mass is 32.2. The minimum Gasteiger partial charge on any atom is -0.298 e. The van der Waals surface area contributed by atoms with Gasteiger partial charge in [0.1, 0.15) is 5.75 Å². The van der Waals surface area contributed by atoms with Crippen molar-refractivity contribution in [2.45, 2.75) is 31.6 Å². The lowest BCUT2D eigenvalue weighted by molar-refractivity contribution is -0.117. The molecule has 0 unspecified atom stereocenters. The zero-order valence-corrected chi connectivity index (χ0v) is 10.9. The number of sulfone groups is 1. The van der Waals surface area contributed by atoms with Gasteiger partial charge in [0.05, 0.1) is 4.90 Å². The highest BCUT2D eigenvalue weighted by Crippen LogP contribution is 2.31. The summed E-state index contributed by atoms with van der Waals surface area (Å²) in [5, 5.41) is 0. The fraction of sp³-hybridized carbons (Fsp3) is 0.462. The maximum atomic E-state index is 12.1. The lowest BCUT2D eigenvalue weighted by atomic mass is 10.2. The van der Waals surface area contributed by atoms with E-state index in [0.29, 0.717) is 10.5 Å². The van der Waals surface area contributed by atoms with Crippen LogP contribution in [0.5, 0.6) is 0 Å². The van der Waals surface area contributed by atoms with Gasteiger partial charge in [-0.15, -0.1) is 0 Å². The van der Waals surface area contributed by atoms with Gasteiger partial charge in [-0.3, -0.25) is 4.79 Å². The summed E-state index contributed by atoms with van der Waals surface area (Å²) in [6.45, 7) is 3.61. The first-order chi connectivity index (χ1) is 7.90. The van der Waals surface area contributed by atoms with Crippen molar-refractivity contribution in [2.75, 3.05) is 5.75 Å². The van der Waals surface area contributed by atoms with Crippen molar-refractivity contribution >= 4 is 15.6 Å². The Kier molecular flexibility index (Phi) is 3.08. The Morgan fingerprint density at radius 3 is 2.53 bits per heavy atom. The van der Waals surface area contributed by atoms with Crippen molar-refractivity contribution in [3.8, 4) is 0 Å². The Balaban J connectivity index is 2.30. The number of aryl methyl sites for hydroxylation is 2. The van der Waals surface area contributed by atoms with Crippen LogP contribution in [0.15, 0.2) is 23.1 Å². The second-order valence-electron chi connectivity index (χ2n) is 4.77. The van der Waals surface area contributed by atoms with Crippen LogP contribution < -0.4 is 0 Å². The van der Waals surface area contributed by atoms with Crippen molar-refractivity contribution in [1.82, 2.24) is 0 Å². The van der Waals surface area contributed by atoms with Gasteiger partial charge < -0.3 is 0 Å². The summed E-state index contributed by atoms with van der Waals surface area (Å²) in [4.78, 5) is 11.9. The Morgan fingerprint density at radius 1 is 1.29 bits per heavy atom. The molecule has 1 saturated carbocycles. The smallest absolute Gasteiger partial charge is 0.185 e. The number of rotatable bonds is 4. The molecule has 0 spiro atoms. The second-order valence-corrected chi connectivity index (χ2v) is 6.73. The fourth-order valence-electron chi connectivity index (χ4n) is 1.83. The molecule has 4 heteroatoms. The van der Waals surface area contributed by atoms with Crippen molar-refractivity contribution in [2.24, 2.45) is 5.92 Å². The molecule has 0 saturated heterocycles. The largest absolute Gasteiger partial charge is 0.298 e. The van der Waals surface area contributed by atoms with Gasteiger partial charge in [0.2, 0.25) is 0 Å². The molecular weight excluding hydrogens is 236 g/mol. The number of hydrogen-bond acceptors (Lipinski definition) is 3. The van der Waals surface area contributed by atoms with Crippen LogP contribution in [0.3, 0.4) is 0 Å². The minimum atomic E-state index is -3.47. The van der Waals surface area contributed by atoms with Gasteiger partial charge in [0.15, 0.2) is 15.6 Å². The standard InChI is InChI=1S/C13H16O3S/c1-9-3-4-10(2)13(7-9)17(15,16)8-12(14)11-5-6-11/h3-4,7,11H,5-6,8H2,1-2H3. The Labute approximate surface area is 102 Å². The van der Waals surface area contributed by atoms with Crippen molar-refractivity contribution in [1.29, 1.82) is 0 Å². The molecule has 0 bridgehead atoms. The van der Waals surface area contributed by atoms with E-state index in [0.717, 1.165) is 18.4 Å². The molecule has 92 valence electrons. The van der Waals surface area contributed by atoms with Gasteiger partial charge in [-0.1, -0.05) is 12.1 Å². The van der Waals surface area contributed by atoms with E-state index >= 15 is 0 Å². The first-order valence-electron chi connectivity index (χ1n) is 5.73. The number of carbonyl (C=O) groups is 1. The van der Waals surface area contributed by atoms with Gasteiger partial charge in [0, 0.05) is 5.92 Å². The van der Waals surface area contributed by atoms with Gasteiger partial charge in [-0.25, -0.2) is 8.42 Å². The summed E-state index contributed by atoms with van der Waals surface area (Å²) in [7, 11) is -3.47. The van der Waals surface area contributed by atoms with Crippen LogP contribution in [0.2, 0.25) is 0 Å². The monoisotopic (exact) mass is 252 g/mol.